The first kappa shape index (κ1) is 20.2. The summed E-state index contributed by atoms with van der Waals surface area (Å²) >= 11 is 1.29. The van der Waals surface area contributed by atoms with Crippen molar-refractivity contribution in [2.75, 3.05) is 18.9 Å². The Bertz CT molecular complexity index is 1130. The molecule has 3 rings (SSSR count). The summed E-state index contributed by atoms with van der Waals surface area (Å²) in [6.07, 6.45) is 0. The second-order valence-electron chi connectivity index (χ2n) is 6.53. The van der Waals surface area contributed by atoms with E-state index in [9.17, 15) is 13.2 Å². The molecule has 0 aliphatic carbocycles. The molecule has 0 aliphatic heterocycles. The molecule has 0 bridgehead atoms. The quantitative estimate of drug-likeness (QED) is 0.590. The molecule has 28 heavy (non-hydrogen) atoms. The lowest BCUT2D eigenvalue weighted by Gasteiger charge is -2.14. The largest absolute Gasteiger partial charge is 0.495 e. The number of methoxy groups -OCH3 is 2. The minimum Gasteiger partial charge on any atom is -0.495 e. The average molecular weight is 420 g/mol. The molecule has 0 aliphatic rings. The van der Waals surface area contributed by atoms with Gasteiger partial charge in [0.25, 0.3) is 10.0 Å². The lowest BCUT2D eigenvalue weighted by atomic mass is 10.0. The van der Waals surface area contributed by atoms with Gasteiger partial charge in [-0.05, 0) is 53.3 Å². The van der Waals surface area contributed by atoms with Gasteiger partial charge in [-0.1, -0.05) is 19.9 Å². The predicted molar refractivity (Wildman–Crippen MR) is 111 cm³/mol. The number of carbonyl (C=O) groups is 1. The fraction of sp³-hybridized carbons (Fsp3) is 0.250. The SMILES string of the molecule is COC(=O)c1cc2cc(NS(=O)(=O)c3cc(C(C)C)ccc3OC)ccc2s1. The van der Waals surface area contributed by atoms with Crippen molar-refractivity contribution in [3.63, 3.8) is 0 Å². The van der Waals surface area contributed by atoms with Gasteiger partial charge in [0, 0.05) is 10.4 Å². The van der Waals surface area contributed by atoms with Gasteiger partial charge < -0.3 is 9.47 Å². The molecule has 0 radical (unpaired) electrons. The number of nitrogens with one attached hydrogen (secondary N) is 1. The topological polar surface area (TPSA) is 81.7 Å². The van der Waals surface area contributed by atoms with Crippen LogP contribution in [-0.2, 0) is 14.8 Å². The molecule has 0 fully saturated rings. The molecule has 148 valence electrons. The van der Waals surface area contributed by atoms with Crippen LogP contribution in [-0.4, -0.2) is 28.6 Å². The van der Waals surface area contributed by atoms with Gasteiger partial charge in [0.2, 0.25) is 0 Å². The number of ether oxygens (including phenoxy) is 2. The Hall–Kier alpha value is -2.58. The van der Waals surface area contributed by atoms with E-state index in [1.165, 1.54) is 25.6 Å². The van der Waals surface area contributed by atoms with Crippen LogP contribution in [0.15, 0.2) is 47.4 Å². The summed E-state index contributed by atoms with van der Waals surface area (Å²) in [5.74, 6) is 0.0406. The summed E-state index contributed by atoms with van der Waals surface area (Å²) in [4.78, 5) is 12.2. The number of esters is 1. The van der Waals surface area contributed by atoms with Gasteiger partial charge in [-0.2, -0.15) is 0 Å². The van der Waals surface area contributed by atoms with E-state index < -0.39 is 16.0 Å². The molecule has 1 aromatic heterocycles. The third-order valence-corrected chi connectivity index (χ3v) is 6.80. The molecule has 3 aromatic rings. The molecular formula is C20H21NO5S2. The number of hydrogen-bond donors (Lipinski definition) is 1. The van der Waals surface area contributed by atoms with E-state index in [2.05, 4.69) is 4.72 Å². The minimum absolute atomic E-state index is 0.0851. The molecule has 0 atom stereocenters. The lowest BCUT2D eigenvalue weighted by Crippen LogP contribution is -2.14. The van der Waals surface area contributed by atoms with Crippen LogP contribution >= 0.6 is 11.3 Å². The summed E-state index contributed by atoms with van der Waals surface area (Å²) in [6.45, 7) is 3.99. The highest BCUT2D eigenvalue weighted by molar-refractivity contribution is 7.92. The number of benzene rings is 2. The normalized spacial score (nSPS) is 11.6. The van der Waals surface area contributed by atoms with Crippen LogP contribution in [0.2, 0.25) is 0 Å². The van der Waals surface area contributed by atoms with Crippen LogP contribution in [0.3, 0.4) is 0 Å². The van der Waals surface area contributed by atoms with Gasteiger partial charge in [-0.25, -0.2) is 13.2 Å². The Morgan fingerprint density at radius 2 is 1.82 bits per heavy atom. The van der Waals surface area contributed by atoms with Crippen LogP contribution in [0.5, 0.6) is 5.75 Å². The van der Waals surface area contributed by atoms with E-state index in [0.29, 0.717) is 10.6 Å². The minimum atomic E-state index is -3.86. The van der Waals surface area contributed by atoms with E-state index in [0.717, 1.165) is 15.6 Å². The number of fused-ring (bicyclic) bond motifs is 1. The van der Waals surface area contributed by atoms with Crippen molar-refractivity contribution in [3.8, 4) is 5.75 Å². The fourth-order valence-corrected chi connectivity index (χ4v) is 5.00. The van der Waals surface area contributed by atoms with Crippen molar-refractivity contribution in [1.29, 1.82) is 0 Å². The van der Waals surface area contributed by atoms with E-state index in [1.54, 1.807) is 36.4 Å². The van der Waals surface area contributed by atoms with Gasteiger partial charge in [0.15, 0.2) is 0 Å². The van der Waals surface area contributed by atoms with Crippen molar-refractivity contribution in [2.45, 2.75) is 24.7 Å². The number of rotatable bonds is 6. The Kier molecular flexibility index (Phi) is 5.62. The molecule has 0 spiro atoms. The third-order valence-electron chi connectivity index (χ3n) is 4.30. The van der Waals surface area contributed by atoms with Crippen LogP contribution in [0.25, 0.3) is 10.1 Å². The Labute approximate surface area is 168 Å². The van der Waals surface area contributed by atoms with Crippen molar-refractivity contribution < 1.29 is 22.7 Å². The maximum atomic E-state index is 13.0. The Morgan fingerprint density at radius 3 is 2.46 bits per heavy atom. The summed E-state index contributed by atoms with van der Waals surface area (Å²) in [6, 6.07) is 12.0. The van der Waals surface area contributed by atoms with Gasteiger partial charge in [-0.3, -0.25) is 4.72 Å². The number of hydrogen-bond acceptors (Lipinski definition) is 6. The lowest BCUT2D eigenvalue weighted by molar-refractivity contribution is 0.0606. The van der Waals surface area contributed by atoms with Gasteiger partial charge >= 0.3 is 5.97 Å². The summed E-state index contributed by atoms with van der Waals surface area (Å²) in [5.41, 5.74) is 1.30. The molecule has 1 N–H and O–H groups in total. The molecule has 6 nitrogen and oxygen atoms in total. The maximum absolute atomic E-state index is 13.0. The van der Waals surface area contributed by atoms with Gasteiger partial charge in [0.1, 0.15) is 15.5 Å². The first-order valence-corrected chi connectivity index (χ1v) is 10.9. The maximum Gasteiger partial charge on any atom is 0.348 e. The highest BCUT2D eigenvalue weighted by Gasteiger charge is 2.21. The molecule has 0 saturated heterocycles. The van der Waals surface area contributed by atoms with E-state index in [4.69, 9.17) is 9.47 Å². The number of sulfonamides is 1. The van der Waals surface area contributed by atoms with Crippen molar-refractivity contribution in [3.05, 3.63) is 52.9 Å². The average Bonchev–Trinajstić information content (AvgIpc) is 3.09. The monoisotopic (exact) mass is 419 g/mol. The summed E-state index contributed by atoms with van der Waals surface area (Å²) < 4.78 is 39.4. The molecule has 8 heteroatoms. The Morgan fingerprint density at radius 1 is 1.07 bits per heavy atom. The molecule has 1 heterocycles. The van der Waals surface area contributed by atoms with E-state index in [1.807, 2.05) is 19.9 Å². The highest BCUT2D eigenvalue weighted by atomic mass is 32.2. The third kappa shape index (κ3) is 3.98. The molecule has 0 amide bonds. The molecular weight excluding hydrogens is 398 g/mol. The van der Waals surface area contributed by atoms with Crippen LogP contribution in [0, 0.1) is 0 Å². The molecule has 0 saturated carbocycles. The van der Waals surface area contributed by atoms with Gasteiger partial charge in [-0.15, -0.1) is 11.3 Å². The van der Waals surface area contributed by atoms with Crippen molar-refractivity contribution in [1.82, 2.24) is 0 Å². The Balaban J connectivity index is 1.98. The first-order valence-electron chi connectivity index (χ1n) is 8.58. The predicted octanol–water partition coefficient (Wildman–Crippen LogP) is 4.62. The smallest absolute Gasteiger partial charge is 0.348 e. The zero-order chi connectivity index (χ0) is 20.5. The van der Waals surface area contributed by atoms with Crippen molar-refractivity contribution >= 4 is 43.1 Å². The number of anilines is 1. The second kappa shape index (κ2) is 7.81. The zero-order valence-electron chi connectivity index (χ0n) is 16.0. The summed E-state index contributed by atoms with van der Waals surface area (Å²) in [5, 5.41) is 0.758. The van der Waals surface area contributed by atoms with Crippen LogP contribution < -0.4 is 9.46 Å². The number of thiophene rings is 1. The first-order chi connectivity index (χ1) is 13.2. The molecule has 0 unspecified atom stereocenters. The van der Waals surface area contributed by atoms with E-state index >= 15 is 0 Å². The summed E-state index contributed by atoms with van der Waals surface area (Å²) in [7, 11) is -1.09. The second-order valence-corrected chi connectivity index (χ2v) is 9.26. The molecule has 2 aromatic carbocycles. The van der Waals surface area contributed by atoms with Crippen LogP contribution in [0.4, 0.5) is 5.69 Å². The highest BCUT2D eigenvalue weighted by Crippen LogP contribution is 2.32. The van der Waals surface area contributed by atoms with Gasteiger partial charge in [0.05, 0.1) is 14.2 Å². The van der Waals surface area contributed by atoms with Crippen molar-refractivity contribution in [2.24, 2.45) is 0 Å². The van der Waals surface area contributed by atoms with Crippen LogP contribution in [0.1, 0.15) is 35.0 Å². The zero-order valence-corrected chi connectivity index (χ0v) is 17.6. The number of carbonyl (C=O) groups excluding carboxylic acids is 1. The fourth-order valence-electron chi connectivity index (χ4n) is 2.78. The standard InChI is InChI=1S/C20H21NO5S2/c1-12(2)13-5-7-16(25-3)19(11-13)28(23,24)21-15-6-8-17-14(9-15)10-18(27-17)20(22)26-4/h5-12,21H,1-4H3. The van der Waals surface area contributed by atoms with E-state index in [-0.39, 0.29) is 16.6 Å².